The lowest BCUT2D eigenvalue weighted by Gasteiger charge is -2.39. The number of nitriles is 1. The van der Waals surface area contributed by atoms with Gasteiger partial charge in [-0.25, -0.2) is 9.78 Å². The van der Waals surface area contributed by atoms with Crippen molar-refractivity contribution < 1.29 is 24.2 Å². The fourth-order valence-electron chi connectivity index (χ4n) is 6.46. The number of hydrogen-bond acceptors (Lipinski definition) is 7. The molecule has 1 saturated heterocycles. The van der Waals surface area contributed by atoms with Crippen molar-refractivity contribution >= 4 is 28.7 Å². The summed E-state index contributed by atoms with van der Waals surface area (Å²) >= 11 is 0. The number of piperidine rings is 1. The number of nitrogens with zero attached hydrogens (tertiary/aromatic N) is 3. The number of aromatic nitrogens is 1. The maximum atomic E-state index is 12.2. The van der Waals surface area contributed by atoms with Crippen molar-refractivity contribution in [3.63, 3.8) is 0 Å². The van der Waals surface area contributed by atoms with Gasteiger partial charge in [0.2, 0.25) is 0 Å². The Morgan fingerprint density at radius 1 is 1.10 bits per heavy atom. The summed E-state index contributed by atoms with van der Waals surface area (Å²) in [7, 11) is 1.39. The first-order chi connectivity index (χ1) is 20.3. The van der Waals surface area contributed by atoms with Gasteiger partial charge < -0.3 is 25.2 Å². The number of carbonyl (C=O) groups is 2. The van der Waals surface area contributed by atoms with Crippen LogP contribution >= 0.6 is 0 Å². The number of carboxylic acids is 1. The van der Waals surface area contributed by atoms with Gasteiger partial charge in [-0.2, -0.15) is 5.26 Å². The molecule has 3 aromatic carbocycles. The quantitative estimate of drug-likeness (QED) is 0.320. The number of fused-ring (bicyclic) bond motifs is 3. The van der Waals surface area contributed by atoms with Crippen LogP contribution in [0.3, 0.4) is 0 Å². The van der Waals surface area contributed by atoms with E-state index in [2.05, 4.69) is 35.3 Å². The van der Waals surface area contributed by atoms with E-state index in [-0.39, 0.29) is 24.0 Å². The second kappa shape index (κ2) is 10.7. The fourth-order valence-corrected chi connectivity index (χ4v) is 6.46. The molecule has 42 heavy (non-hydrogen) atoms. The summed E-state index contributed by atoms with van der Waals surface area (Å²) in [6.45, 7) is 1.12. The number of likely N-dealkylation sites (tertiary alicyclic amines) is 1. The lowest BCUT2D eigenvalue weighted by molar-refractivity contribution is -0.136. The first kappa shape index (κ1) is 27.1. The highest BCUT2D eigenvalue weighted by Crippen LogP contribution is 2.53. The van der Waals surface area contributed by atoms with E-state index >= 15 is 0 Å². The summed E-state index contributed by atoms with van der Waals surface area (Å²) in [4.78, 5) is 29.8. The number of carbonyl (C=O) groups excluding carboxylic acids is 1. The fraction of sp³-hybridized carbons (Fsp3) is 0.273. The molecular weight excluding hydrogens is 532 g/mol. The first-order valence-electron chi connectivity index (χ1n) is 13.8. The summed E-state index contributed by atoms with van der Waals surface area (Å²) in [5, 5.41) is 20.9. The summed E-state index contributed by atoms with van der Waals surface area (Å²) in [6, 6.07) is 21.4. The number of hydrogen-bond donors (Lipinski definition) is 2. The van der Waals surface area contributed by atoms with Gasteiger partial charge in [-0.15, -0.1) is 0 Å². The summed E-state index contributed by atoms with van der Waals surface area (Å²) in [5.41, 5.74) is 11.0. The SMILES string of the molecule is COC(=O)N1CCC2(CC1)CC(Oc1cc(C#N)ccc1CC(=O)O)c1cc(-c3ccc4ccnc(N)c4c3)ccc12. The largest absolute Gasteiger partial charge is 0.485 e. The zero-order valence-electron chi connectivity index (χ0n) is 23.2. The molecule has 1 aliphatic heterocycles. The van der Waals surface area contributed by atoms with Crippen molar-refractivity contribution in [2.45, 2.75) is 37.2 Å². The number of nitrogen functional groups attached to an aromatic ring is 1. The van der Waals surface area contributed by atoms with Crippen molar-refractivity contribution in [1.82, 2.24) is 9.88 Å². The van der Waals surface area contributed by atoms with Crippen LogP contribution in [0, 0.1) is 11.3 Å². The molecule has 3 N–H and O–H groups in total. The molecule has 1 unspecified atom stereocenters. The van der Waals surface area contributed by atoms with E-state index in [0.29, 0.717) is 42.2 Å². The molecular formula is C33H30N4O5. The normalized spacial score (nSPS) is 17.0. The molecule has 1 atom stereocenters. The van der Waals surface area contributed by atoms with E-state index in [1.165, 1.54) is 12.7 Å². The molecule has 1 fully saturated rings. The van der Waals surface area contributed by atoms with Gasteiger partial charge in [-0.05, 0) is 77.2 Å². The molecule has 2 heterocycles. The lowest BCUT2D eigenvalue weighted by atomic mass is 9.73. The third-order valence-electron chi connectivity index (χ3n) is 8.64. The predicted octanol–water partition coefficient (Wildman–Crippen LogP) is 5.61. The van der Waals surface area contributed by atoms with Crippen molar-refractivity contribution in [3.8, 4) is 22.9 Å². The minimum atomic E-state index is -0.976. The molecule has 0 bridgehead atoms. The van der Waals surface area contributed by atoms with Crippen LogP contribution < -0.4 is 10.5 Å². The molecule has 9 heteroatoms. The minimum absolute atomic E-state index is 0.216. The molecule has 4 aromatic rings. The van der Waals surface area contributed by atoms with Crippen molar-refractivity contribution in [2.24, 2.45) is 0 Å². The Kier molecular flexibility index (Phi) is 6.91. The van der Waals surface area contributed by atoms with Crippen molar-refractivity contribution in [3.05, 3.63) is 89.1 Å². The van der Waals surface area contributed by atoms with Crippen molar-refractivity contribution in [2.75, 3.05) is 25.9 Å². The zero-order valence-corrected chi connectivity index (χ0v) is 23.2. The Morgan fingerprint density at radius 3 is 2.60 bits per heavy atom. The highest BCUT2D eigenvalue weighted by Gasteiger charge is 2.47. The van der Waals surface area contributed by atoms with Gasteiger partial charge in [-0.1, -0.05) is 30.3 Å². The van der Waals surface area contributed by atoms with Crippen LogP contribution in [-0.4, -0.2) is 47.3 Å². The van der Waals surface area contributed by atoms with E-state index in [0.717, 1.165) is 40.3 Å². The van der Waals surface area contributed by atoms with Crippen LogP contribution in [-0.2, 0) is 21.4 Å². The third-order valence-corrected chi connectivity index (χ3v) is 8.64. The Labute approximate surface area is 243 Å². The van der Waals surface area contributed by atoms with Crippen LogP contribution in [0.15, 0.2) is 66.9 Å². The Balaban J connectivity index is 1.42. The van der Waals surface area contributed by atoms with Crippen LogP contribution in [0.5, 0.6) is 5.75 Å². The molecule has 6 rings (SSSR count). The smallest absolute Gasteiger partial charge is 0.409 e. The molecule has 9 nitrogen and oxygen atoms in total. The van der Waals surface area contributed by atoms with E-state index in [1.807, 2.05) is 18.2 Å². The average molecular weight is 563 g/mol. The summed E-state index contributed by atoms with van der Waals surface area (Å²) in [5.74, 6) is -0.113. The molecule has 0 radical (unpaired) electrons. The monoisotopic (exact) mass is 562 g/mol. The standard InChI is InChI=1S/C33H30N4O5/c1-41-32(40)37-12-9-33(10-13-37)18-29(42-28-14-20(19-34)2-3-24(28)17-30(38)39)26-16-23(6-7-27(26)33)22-5-4-21-8-11-36-31(35)25(21)15-22/h2-8,11,14-16,29H,9-10,12-13,17-18H2,1H3,(H2,35,36)(H,38,39). The number of carboxylic acid groups (broad SMARTS) is 1. The number of rotatable bonds is 5. The second-order valence-electron chi connectivity index (χ2n) is 11.0. The van der Waals surface area contributed by atoms with E-state index < -0.39 is 5.97 Å². The number of amides is 1. The highest BCUT2D eigenvalue weighted by atomic mass is 16.5. The lowest BCUT2D eigenvalue weighted by Crippen LogP contribution is -2.44. The van der Waals surface area contributed by atoms with E-state index in [4.69, 9.17) is 15.2 Å². The van der Waals surface area contributed by atoms with Crippen molar-refractivity contribution in [1.29, 1.82) is 5.26 Å². The number of aliphatic carboxylic acids is 1. The number of pyridine rings is 1. The number of benzene rings is 3. The predicted molar refractivity (Wildman–Crippen MR) is 157 cm³/mol. The summed E-state index contributed by atoms with van der Waals surface area (Å²) in [6.07, 6.45) is 2.92. The topological polar surface area (TPSA) is 139 Å². The van der Waals surface area contributed by atoms with Gasteiger partial charge in [0.05, 0.1) is 25.2 Å². The average Bonchev–Trinajstić information content (AvgIpc) is 3.29. The number of nitrogens with two attached hydrogens (primary N) is 1. The van der Waals surface area contributed by atoms with Crippen LogP contribution in [0.4, 0.5) is 10.6 Å². The second-order valence-corrected chi connectivity index (χ2v) is 11.0. The Bertz CT molecular complexity index is 1750. The minimum Gasteiger partial charge on any atom is -0.485 e. The molecule has 212 valence electrons. The van der Waals surface area contributed by atoms with Gasteiger partial charge in [-0.3, -0.25) is 4.79 Å². The molecule has 2 aliphatic rings. The number of ether oxygens (including phenoxy) is 2. The Morgan fingerprint density at radius 2 is 1.86 bits per heavy atom. The molecule has 1 spiro atoms. The van der Waals surface area contributed by atoms with Gasteiger partial charge >= 0.3 is 12.1 Å². The molecule has 1 aromatic heterocycles. The number of anilines is 1. The van der Waals surface area contributed by atoms with E-state index in [9.17, 15) is 20.0 Å². The maximum Gasteiger partial charge on any atom is 0.409 e. The van der Waals surface area contributed by atoms with E-state index in [1.54, 1.807) is 29.3 Å². The molecule has 1 amide bonds. The van der Waals surface area contributed by atoms with Gasteiger partial charge in [0, 0.05) is 35.7 Å². The van der Waals surface area contributed by atoms with Crippen LogP contribution in [0.2, 0.25) is 0 Å². The number of methoxy groups -OCH3 is 1. The van der Waals surface area contributed by atoms with Gasteiger partial charge in [0.1, 0.15) is 17.7 Å². The maximum absolute atomic E-state index is 12.2. The van der Waals surface area contributed by atoms with Gasteiger partial charge in [0.25, 0.3) is 0 Å². The highest BCUT2D eigenvalue weighted by molar-refractivity contribution is 5.94. The molecule has 1 aliphatic carbocycles. The Hall–Kier alpha value is -5.10. The van der Waals surface area contributed by atoms with Crippen LogP contribution in [0.25, 0.3) is 21.9 Å². The van der Waals surface area contributed by atoms with Gasteiger partial charge in [0.15, 0.2) is 0 Å². The van der Waals surface area contributed by atoms with Crippen LogP contribution in [0.1, 0.15) is 47.6 Å². The molecule has 0 saturated carbocycles. The zero-order chi connectivity index (χ0) is 29.4. The third kappa shape index (κ3) is 4.85. The summed E-state index contributed by atoms with van der Waals surface area (Å²) < 4.78 is 11.6. The first-order valence-corrected chi connectivity index (χ1v) is 13.8.